The second-order valence-corrected chi connectivity index (χ2v) is 6.30. The van der Waals surface area contributed by atoms with Crippen LogP contribution in [-0.4, -0.2) is 45.5 Å². The number of aryl methyl sites for hydroxylation is 1. The zero-order chi connectivity index (χ0) is 16.3. The summed E-state index contributed by atoms with van der Waals surface area (Å²) in [6.07, 6.45) is 3.45. The maximum absolute atomic E-state index is 12.9. The van der Waals surface area contributed by atoms with Gasteiger partial charge in [-0.15, -0.1) is 0 Å². The Morgan fingerprint density at radius 1 is 1.39 bits per heavy atom. The predicted octanol–water partition coefficient (Wildman–Crippen LogP) is 2.26. The number of ether oxygens (including phenoxy) is 1. The highest BCUT2D eigenvalue weighted by molar-refractivity contribution is 5.22. The number of hydrogen-bond acceptors (Lipinski definition) is 4. The SMILES string of the molecule is Cc1[nH]ncc1CN1CCCC(O)(COc2ccc(F)cc2)C1. The van der Waals surface area contributed by atoms with Crippen molar-refractivity contribution in [1.82, 2.24) is 15.1 Å². The Balaban J connectivity index is 1.57. The molecule has 23 heavy (non-hydrogen) atoms. The van der Waals surface area contributed by atoms with Crippen LogP contribution >= 0.6 is 0 Å². The van der Waals surface area contributed by atoms with Crippen LogP contribution in [0.1, 0.15) is 24.1 Å². The van der Waals surface area contributed by atoms with Gasteiger partial charge in [0.1, 0.15) is 23.8 Å². The van der Waals surface area contributed by atoms with Gasteiger partial charge in [-0.2, -0.15) is 5.10 Å². The first-order valence-electron chi connectivity index (χ1n) is 7.86. The van der Waals surface area contributed by atoms with E-state index in [2.05, 4.69) is 15.1 Å². The number of aromatic nitrogens is 2. The summed E-state index contributed by atoms with van der Waals surface area (Å²) >= 11 is 0. The quantitative estimate of drug-likeness (QED) is 0.887. The molecule has 1 aromatic heterocycles. The molecule has 0 amide bonds. The van der Waals surface area contributed by atoms with E-state index in [1.54, 1.807) is 12.1 Å². The molecule has 0 aliphatic carbocycles. The van der Waals surface area contributed by atoms with Crippen molar-refractivity contribution in [1.29, 1.82) is 0 Å². The molecule has 0 radical (unpaired) electrons. The Hall–Kier alpha value is -1.92. The zero-order valence-electron chi connectivity index (χ0n) is 13.3. The van der Waals surface area contributed by atoms with Crippen molar-refractivity contribution in [3.05, 3.63) is 47.5 Å². The monoisotopic (exact) mass is 319 g/mol. The lowest BCUT2D eigenvalue weighted by Crippen LogP contribution is -2.51. The van der Waals surface area contributed by atoms with Crippen LogP contribution in [0, 0.1) is 12.7 Å². The van der Waals surface area contributed by atoms with Crippen molar-refractivity contribution in [3.63, 3.8) is 0 Å². The minimum atomic E-state index is -0.885. The molecule has 1 aliphatic rings. The molecule has 1 aliphatic heterocycles. The number of H-pyrrole nitrogens is 1. The van der Waals surface area contributed by atoms with Crippen LogP contribution in [0.25, 0.3) is 0 Å². The van der Waals surface area contributed by atoms with Crippen LogP contribution in [-0.2, 0) is 6.54 Å². The predicted molar refractivity (Wildman–Crippen MR) is 84.7 cm³/mol. The van der Waals surface area contributed by atoms with Crippen molar-refractivity contribution >= 4 is 0 Å². The van der Waals surface area contributed by atoms with E-state index in [1.165, 1.54) is 12.1 Å². The average molecular weight is 319 g/mol. The molecule has 1 unspecified atom stereocenters. The third-order valence-electron chi connectivity index (χ3n) is 4.28. The maximum Gasteiger partial charge on any atom is 0.123 e. The van der Waals surface area contributed by atoms with Gasteiger partial charge in [0.2, 0.25) is 0 Å². The normalized spacial score (nSPS) is 22.2. The Morgan fingerprint density at radius 2 is 2.17 bits per heavy atom. The summed E-state index contributed by atoms with van der Waals surface area (Å²) in [6.45, 7) is 4.47. The molecule has 1 aromatic carbocycles. The van der Waals surface area contributed by atoms with Gasteiger partial charge in [-0.3, -0.25) is 10.00 Å². The molecular formula is C17H22FN3O2. The highest BCUT2D eigenvalue weighted by atomic mass is 19.1. The molecule has 1 saturated heterocycles. The lowest BCUT2D eigenvalue weighted by atomic mass is 9.93. The van der Waals surface area contributed by atoms with Crippen LogP contribution in [0.2, 0.25) is 0 Å². The van der Waals surface area contributed by atoms with Gasteiger partial charge < -0.3 is 9.84 Å². The molecule has 0 spiro atoms. The average Bonchev–Trinajstić information content (AvgIpc) is 2.92. The lowest BCUT2D eigenvalue weighted by molar-refractivity contribution is -0.0621. The van der Waals surface area contributed by atoms with Crippen molar-refractivity contribution < 1.29 is 14.2 Å². The number of β-amino-alcohol motifs (C(OH)–C–C–N with tert-alkyl or cyclic N) is 1. The van der Waals surface area contributed by atoms with E-state index in [0.717, 1.165) is 30.8 Å². The number of halogens is 1. The number of nitrogens with zero attached hydrogens (tertiary/aromatic N) is 2. The molecule has 2 N–H and O–H groups in total. The van der Waals surface area contributed by atoms with Gasteiger partial charge in [-0.25, -0.2) is 4.39 Å². The number of likely N-dealkylation sites (tertiary alicyclic amines) is 1. The summed E-state index contributed by atoms with van der Waals surface area (Å²) in [7, 11) is 0. The first-order chi connectivity index (χ1) is 11.0. The van der Waals surface area contributed by atoms with E-state index in [-0.39, 0.29) is 12.4 Å². The molecule has 2 aromatic rings. The van der Waals surface area contributed by atoms with E-state index in [4.69, 9.17) is 4.74 Å². The number of rotatable bonds is 5. The van der Waals surface area contributed by atoms with Crippen LogP contribution in [0.5, 0.6) is 5.75 Å². The number of aromatic amines is 1. The van der Waals surface area contributed by atoms with Crippen molar-refractivity contribution in [2.75, 3.05) is 19.7 Å². The first kappa shape index (κ1) is 16.0. The fourth-order valence-corrected chi connectivity index (χ4v) is 2.98. The van der Waals surface area contributed by atoms with Gasteiger partial charge in [0, 0.05) is 24.3 Å². The smallest absolute Gasteiger partial charge is 0.123 e. The van der Waals surface area contributed by atoms with Crippen LogP contribution in [0.3, 0.4) is 0 Å². The van der Waals surface area contributed by atoms with Crippen LogP contribution in [0.15, 0.2) is 30.5 Å². The van der Waals surface area contributed by atoms with Gasteiger partial charge >= 0.3 is 0 Å². The minimum absolute atomic E-state index is 0.208. The molecule has 1 atom stereocenters. The molecule has 6 heteroatoms. The Labute approximate surface area is 135 Å². The van der Waals surface area contributed by atoms with Crippen molar-refractivity contribution in [2.45, 2.75) is 31.9 Å². The molecule has 3 rings (SSSR count). The first-order valence-corrected chi connectivity index (χ1v) is 7.86. The number of nitrogens with one attached hydrogen (secondary N) is 1. The number of piperidine rings is 1. The third kappa shape index (κ3) is 4.09. The maximum atomic E-state index is 12.9. The van der Waals surface area contributed by atoms with E-state index in [1.807, 2.05) is 13.1 Å². The molecule has 2 heterocycles. The largest absolute Gasteiger partial charge is 0.491 e. The Morgan fingerprint density at radius 3 is 2.87 bits per heavy atom. The highest BCUT2D eigenvalue weighted by Crippen LogP contribution is 2.24. The Kier molecular flexibility index (Phi) is 4.63. The van der Waals surface area contributed by atoms with Crippen molar-refractivity contribution in [3.8, 4) is 5.75 Å². The summed E-state index contributed by atoms with van der Waals surface area (Å²) in [6, 6.07) is 5.87. The van der Waals surface area contributed by atoms with E-state index >= 15 is 0 Å². The molecule has 1 fully saturated rings. The van der Waals surface area contributed by atoms with Crippen LogP contribution < -0.4 is 4.74 Å². The third-order valence-corrected chi connectivity index (χ3v) is 4.28. The number of benzene rings is 1. The molecular weight excluding hydrogens is 297 g/mol. The van der Waals surface area contributed by atoms with E-state index < -0.39 is 5.60 Å². The summed E-state index contributed by atoms with van der Waals surface area (Å²) in [5.41, 5.74) is 1.32. The topological polar surface area (TPSA) is 61.4 Å². The summed E-state index contributed by atoms with van der Waals surface area (Å²) in [4.78, 5) is 2.22. The molecule has 0 bridgehead atoms. The number of hydrogen-bond donors (Lipinski definition) is 2. The van der Waals surface area contributed by atoms with Gasteiger partial charge in [0.25, 0.3) is 0 Å². The number of aliphatic hydroxyl groups is 1. The standard InChI is InChI=1S/C17H22FN3O2/c1-13-14(9-19-20-13)10-21-8-2-7-17(22,11-21)12-23-16-5-3-15(18)4-6-16/h3-6,9,22H,2,7-8,10-12H2,1H3,(H,19,20). The van der Waals surface area contributed by atoms with Gasteiger partial charge in [-0.1, -0.05) is 0 Å². The molecule has 124 valence electrons. The second-order valence-electron chi connectivity index (χ2n) is 6.30. The van der Waals surface area contributed by atoms with Gasteiger partial charge in [-0.05, 0) is 50.6 Å². The van der Waals surface area contributed by atoms with E-state index in [0.29, 0.717) is 18.7 Å². The fraction of sp³-hybridized carbons (Fsp3) is 0.471. The lowest BCUT2D eigenvalue weighted by Gasteiger charge is -2.38. The highest BCUT2D eigenvalue weighted by Gasteiger charge is 2.34. The Bertz CT molecular complexity index is 644. The van der Waals surface area contributed by atoms with E-state index in [9.17, 15) is 9.50 Å². The minimum Gasteiger partial charge on any atom is -0.491 e. The summed E-state index contributed by atoms with van der Waals surface area (Å²) in [5.74, 6) is 0.276. The fourth-order valence-electron chi connectivity index (χ4n) is 2.98. The van der Waals surface area contributed by atoms with Crippen LogP contribution in [0.4, 0.5) is 4.39 Å². The van der Waals surface area contributed by atoms with Gasteiger partial charge in [0.15, 0.2) is 0 Å². The molecule has 5 nitrogen and oxygen atoms in total. The summed E-state index contributed by atoms with van der Waals surface area (Å²) in [5, 5.41) is 17.8. The van der Waals surface area contributed by atoms with Crippen molar-refractivity contribution in [2.24, 2.45) is 0 Å². The molecule has 0 saturated carbocycles. The second kappa shape index (κ2) is 6.68. The summed E-state index contributed by atoms with van der Waals surface area (Å²) < 4.78 is 18.6. The van der Waals surface area contributed by atoms with Gasteiger partial charge in [0.05, 0.1) is 6.20 Å². The zero-order valence-corrected chi connectivity index (χ0v) is 13.3.